The van der Waals surface area contributed by atoms with Gasteiger partial charge < -0.3 is 18.9 Å². The average molecular weight is 447 g/mol. The summed E-state index contributed by atoms with van der Waals surface area (Å²) in [7, 11) is 1.57. The number of ether oxygens (including phenoxy) is 4. The maximum absolute atomic E-state index is 12.2. The van der Waals surface area contributed by atoms with Crippen molar-refractivity contribution in [2.45, 2.75) is 6.92 Å². The Morgan fingerprint density at radius 2 is 1.39 bits per heavy atom. The highest BCUT2D eigenvalue weighted by Crippen LogP contribution is 2.17. The SMILES string of the molecule is CCOCCOC(=O)c1ccc(N=Cc2ccc(OC(=O)c3ccc(OC)cc3)cc2)cc1. The van der Waals surface area contributed by atoms with Crippen LogP contribution in [-0.2, 0) is 9.47 Å². The average Bonchev–Trinajstić information content (AvgIpc) is 2.86. The monoisotopic (exact) mass is 447 g/mol. The molecule has 0 unspecified atom stereocenters. The van der Waals surface area contributed by atoms with Crippen molar-refractivity contribution in [2.24, 2.45) is 4.99 Å². The molecule has 0 spiro atoms. The van der Waals surface area contributed by atoms with Crippen LogP contribution in [-0.4, -0.2) is 45.1 Å². The van der Waals surface area contributed by atoms with Crippen LogP contribution in [0.4, 0.5) is 5.69 Å². The Kier molecular flexibility index (Phi) is 8.73. The fourth-order valence-corrected chi connectivity index (χ4v) is 2.77. The van der Waals surface area contributed by atoms with Gasteiger partial charge in [0, 0.05) is 12.8 Å². The summed E-state index contributed by atoms with van der Waals surface area (Å²) in [5.41, 5.74) is 2.41. The van der Waals surface area contributed by atoms with Crippen LogP contribution in [0.1, 0.15) is 33.2 Å². The highest BCUT2D eigenvalue weighted by molar-refractivity contribution is 5.91. The van der Waals surface area contributed by atoms with E-state index in [4.69, 9.17) is 18.9 Å². The van der Waals surface area contributed by atoms with Crippen molar-refractivity contribution in [3.63, 3.8) is 0 Å². The van der Waals surface area contributed by atoms with Crippen molar-refractivity contribution in [3.05, 3.63) is 89.5 Å². The summed E-state index contributed by atoms with van der Waals surface area (Å²) in [5.74, 6) is 0.253. The molecule has 3 aromatic carbocycles. The zero-order valence-electron chi connectivity index (χ0n) is 18.5. The topological polar surface area (TPSA) is 83.4 Å². The summed E-state index contributed by atoms with van der Waals surface area (Å²) in [6.07, 6.45) is 1.69. The number of carbonyl (C=O) groups is 2. The Labute approximate surface area is 192 Å². The van der Waals surface area contributed by atoms with Crippen LogP contribution in [0.2, 0.25) is 0 Å². The molecule has 0 aliphatic carbocycles. The summed E-state index contributed by atoms with van der Waals surface area (Å²) in [5, 5.41) is 0. The first kappa shape index (κ1) is 23.7. The lowest BCUT2D eigenvalue weighted by Gasteiger charge is -2.06. The van der Waals surface area contributed by atoms with Gasteiger partial charge in [0.2, 0.25) is 0 Å². The third-order valence-electron chi connectivity index (χ3n) is 4.55. The third-order valence-corrected chi connectivity index (χ3v) is 4.55. The Bertz CT molecular complexity index is 1070. The number of benzene rings is 3. The highest BCUT2D eigenvalue weighted by atomic mass is 16.6. The number of methoxy groups -OCH3 is 1. The molecule has 0 aliphatic heterocycles. The molecule has 0 amide bonds. The minimum atomic E-state index is -0.449. The quantitative estimate of drug-likeness (QED) is 0.191. The van der Waals surface area contributed by atoms with Gasteiger partial charge in [-0.25, -0.2) is 9.59 Å². The Balaban J connectivity index is 1.53. The first-order chi connectivity index (χ1) is 16.1. The van der Waals surface area contributed by atoms with E-state index in [9.17, 15) is 9.59 Å². The lowest BCUT2D eigenvalue weighted by Crippen LogP contribution is -2.10. The Morgan fingerprint density at radius 3 is 2.03 bits per heavy atom. The molecular weight excluding hydrogens is 422 g/mol. The molecule has 0 saturated heterocycles. The van der Waals surface area contributed by atoms with E-state index in [0.717, 1.165) is 5.56 Å². The molecule has 3 aromatic rings. The fourth-order valence-electron chi connectivity index (χ4n) is 2.77. The van der Waals surface area contributed by atoms with Crippen LogP contribution in [0.15, 0.2) is 77.8 Å². The van der Waals surface area contributed by atoms with E-state index >= 15 is 0 Å². The van der Waals surface area contributed by atoms with Crippen LogP contribution in [0.25, 0.3) is 0 Å². The summed E-state index contributed by atoms with van der Waals surface area (Å²) in [6.45, 7) is 3.07. The smallest absolute Gasteiger partial charge is 0.343 e. The van der Waals surface area contributed by atoms with Gasteiger partial charge in [0.15, 0.2) is 0 Å². The molecule has 0 aromatic heterocycles. The molecular formula is C26H25NO6. The van der Waals surface area contributed by atoms with Crippen molar-refractivity contribution in [3.8, 4) is 11.5 Å². The minimum Gasteiger partial charge on any atom is -0.497 e. The van der Waals surface area contributed by atoms with E-state index in [2.05, 4.69) is 4.99 Å². The van der Waals surface area contributed by atoms with Gasteiger partial charge in [-0.05, 0) is 85.3 Å². The summed E-state index contributed by atoms with van der Waals surface area (Å²) in [4.78, 5) is 28.6. The van der Waals surface area contributed by atoms with Gasteiger partial charge in [-0.2, -0.15) is 0 Å². The van der Waals surface area contributed by atoms with E-state index in [1.54, 1.807) is 86.1 Å². The number of aliphatic imine (C=N–C) groups is 1. The van der Waals surface area contributed by atoms with Crippen molar-refractivity contribution >= 4 is 23.8 Å². The van der Waals surface area contributed by atoms with Crippen LogP contribution < -0.4 is 9.47 Å². The van der Waals surface area contributed by atoms with Crippen molar-refractivity contribution in [1.29, 1.82) is 0 Å². The second-order valence-corrected chi connectivity index (χ2v) is 6.82. The number of hydrogen-bond donors (Lipinski definition) is 0. The molecule has 170 valence electrons. The number of hydrogen-bond acceptors (Lipinski definition) is 7. The molecule has 0 bridgehead atoms. The summed E-state index contributed by atoms with van der Waals surface area (Å²) in [6, 6.07) is 20.5. The molecule has 0 N–H and O–H groups in total. The second kappa shape index (κ2) is 12.2. The molecule has 0 aliphatic rings. The molecule has 7 nitrogen and oxygen atoms in total. The normalized spacial score (nSPS) is 10.7. The molecule has 0 saturated carbocycles. The maximum atomic E-state index is 12.2. The van der Waals surface area contributed by atoms with Gasteiger partial charge in [0.1, 0.15) is 18.1 Å². The van der Waals surface area contributed by atoms with Crippen molar-refractivity contribution < 1.29 is 28.5 Å². The van der Waals surface area contributed by atoms with Crippen LogP contribution in [0.3, 0.4) is 0 Å². The number of carbonyl (C=O) groups excluding carboxylic acids is 2. The van der Waals surface area contributed by atoms with Crippen LogP contribution >= 0.6 is 0 Å². The van der Waals surface area contributed by atoms with E-state index in [-0.39, 0.29) is 6.61 Å². The van der Waals surface area contributed by atoms with Gasteiger partial charge in [-0.3, -0.25) is 4.99 Å². The van der Waals surface area contributed by atoms with Crippen LogP contribution in [0.5, 0.6) is 11.5 Å². The Morgan fingerprint density at radius 1 is 0.788 bits per heavy atom. The molecule has 33 heavy (non-hydrogen) atoms. The lowest BCUT2D eigenvalue weighted by atomic mass is 10.2. The standard InChI is InChI=1S/C26H25NO6/c1-3-31-16-17-32-25(28)20-6-10-22(11-7-20)27-18-19-4-12-24(13-5-19)33-26(29)21-8-14-23(30-2)15-9-21/h4-15,18H,3,16-17H2,1-2H3. The molecule has 0 fully saturated rings. The molecule has 7 heteroatoms. The van der Waals surface area contributed by atoms with E-state index in [1.165, 1.54) is 0 Å². The zero-order chi connectivity index (χ0) is 23.5. The number of nitrogens with zero attached hydrogens (tertiary/aromatic N) is 1. The number of rotatable bonds is 10. The van der Waals surface area contributed by atoms with Gasteiger partial charge >= 0.3 is 11.9 Å². The predicted molar refractivity (Wildman–Crippen MR) is 125 cm³/mol. The largest absolute Gasteiger partial charge is 0.497 e. The van der Waals surface area contributed by atoms with Gasteiger partial charge in [-0.1, -0.05) is 0 Å². The van der Waals surface area contributed by atoms with Crippen molar-refractivity contribution in [1.82, 2.24) is 0 Å². The first-order valence-corrected chi connectivity index (χ1v) is 10.4. The third kappa shape index (κ3) is 7.29. The van der Waals surface area contributed by atoms with Gasteiger partial charge in [0.25, 0.3) is 0 Å². The Hall–Kier alpha value is -3.97. The van der Waals surface area contributed by atoms with Gasteiger partial charge in [-0.15, -0.1) is 0 Å². The number of esters is 2. The maximum Gasteiger partial charge on any atom is 0.343 e. The zero-order valence-corrected chi connectivity index (χ0v) is 18.5. The fraction of sp³-hybridized carbons (Fsp3) is 0.192. The first-order valence-electron chi connectivity index (χ1n) is 10.4. The predicted octanol–water partition coefficient (Wildman–Crippen LogP) is 4.86. The molecule has 0 heterocycles. The van der Waals surface area contributed by atoms with Gasteiger partial charge in [0.05, 0.1) is 30.5 Å². The second-order valence-electron chi connectivity index (χ2n) is 6.82. The summed E-state index contributed by atoms with van der Waals surface area (Å²) < 4.78 is 20.8. The molecule has 0 atom stereocenters. The highest BCUT2D eigenvalue weighted by Gasteiger charge is 2.09. The molecule has 3 rings (SSSR count). The van der Waals surface area contributed by atoms with Crippen molar-refractivity contribution in [2.75, 3.05) is 26.9 Å². The van der Waals surface area contributed by atoms with E-state index < -0.39 is 11.9 Å². The van der Waals surface area contributed by atoms with E-state index in [0.29, 0.717) is 41.5 Å². The summed E-state index contributed by atoms with van der Waals surface area (Å²) >= 11 is 0. The molecule has 0 radical (unpaired) electrons. The van der Waals surface area contributed by atoms with Crippen LogP contribution in [0, 0.1) is 0 Å². The minimum absolute atomic E-state index is 0.220. The lowest BCUT2D eigenvalue weighted by molar-refractivity contribution is 0.0335. The van der Waals surface area contributed by atoms with E-state index in [1.807, 2.05) is 6.92 Å².